The molecule has 1 saturated heterocycles. The van der Waals surface area contributed by atoms with E-state index in [-0.39, 0.29) is 17.9 Å². The summed E-state index contributed by atoms with van der Waals surface area (Å²) in [6.07, 6.45) is 6.25. The number of hydrogen-bond donors (Lipinski definition) is 3. The lowest BCUT2D eigenvalue weighted by atomic mass is 9.93. The van der Waals surface area contributed by atoms with E-state index in [1.54, 1.807) is 0 Å². The summed E-state index contributed by atoms with van der Waals surface area (Å²) >= 11 is 0. The summed E-state index contributed by atoms with van der Waals surface area (Å²) in [4.78, 5) is 15.1. The first kappa shape index (κ1) is 22.9. The van der Waals surface area contributed by atoms with Gasteiger partial charge in [0.1, 0.15) is 0 Å². The Morgan fingerprint density at radius 3 is 2.62 bits per heavy atom. The number of halogens is 1. The maximum atomic E-state index is 5.53. The van der Waals surface area contributed by atoms with Crippen molar-refractivity contribution in [3.05, 3.63) is 48.3 Å². The van der Waals surface area contributed by atoms with Crippen molar-refractivity contribution in [2.45, 2.75) is 31.6 Å². The Morgan fingerprint density at radius 2 is 1.90 bits per heavy atom. The largest absolute Gasteiger partial charge is 0.412 e. The fourth-order valence-electron chi connectivity index (χ4n) is 3.80. The predicted molar refractivity (Wildman–Crippen MR) is 122 cm³/mol. The molecule has 29 heavy (non-hydrogen) atoms. The lowest BCUT2D eigenvalue weighted by Gasteiger charge is -2.33. The summed E-state index contributed by atoms with van der Waals surface area (Å²) < 4.78 is 0. The lowest BCUT2D eigenvalue weighted by molar-refractivity contribution is 0.498. The number of para-hydroxylation sites is 1. The fraction of sp³-hybridized carbons (Fsp3) is 0.429. The Hall–Kier alpha value is -2.35. The van der Waals surface area contributed by atoms with Crippen LogP contribution in [-0.4, -0.2) is 46.6 Å². The lowest BCUT2D eigenvalue weighted by Crippen LogP contribution is -2.32. The van der Waals surface area contributed by atoms with Crippen LogP contribution in [0.1, 0.15) is 37.3 Å². The second-order valence-electron chi connectivity index (χ2n) is 7.24. The van der Waals surface area contributed by atoms with Crippen molar-refractivity contribution in [1.82, 2.24) is 15.0 Å². The van der Waals surface area contributed by atoms with Crippen LogP contribution in [0.15, 0.2) is 42.6 Å². The molecule has 0 radical (unpaired) electrons. The molecule has 0 spiro atoms. The summed E-state index contributed by atoms with van der Waals surface area (Å²) in [6, 6.07) is 12.9. The minimum atomic E-state index is 0. The average Bonchev–Trinajstić information content (AvgIpc) is 3.15. The molecule has 2 aromatic heterocycles. The van der Waals surface area contributed by atoms with E-state index in [2.05, 4.69) is 61.6 Å². The predicted octanol–water partition coefficient (Wildman–Crippen LogP) is 3.09. The van der Waals surface area contributed by atoms with Crippen molar-refractivity contribution < 1.29 is 5.48 Å². The molecule has 158 valence electrons. The van der Waals surface area contributed by atoms with E-state index in [0.717, 1.165) is 62.9 Å². The second-order valence-corrected chi connectivity index (χ2v) is 7.24. The Morgan fingerprint density at radius 1 is 1.14 bits per heavy atom. The van der Waals surface area contributed by atoms with E-state index >= 15 is 0 Å². The Bertz CT molecular complexity index is 864. The molecular formula is C21H31ClN6O. The van der Waals surface area contributed by atoms with E-state index in [9.17, 15) is 0 Å². The topological polar surface area (TPSA) is 114 Å². The first-order chi connectivity index (χ1) is 13.3. The molecule has 0 amide bonds. The van der Waals surface area contributed by atoms with Crippen LogP contribution in [0.2, 0.25) is 0 Å². The van der Waals surface area contributed by atoms with Crippen LogP contribution in [-0.2, 0) is 0 Å². The van der Waals surface area contributed by atoms with Gasteiger partial charge in [0, 0.05) is 36.9 Å². The third kappa shape index (κ3) is 5.59. The maximum absolute atomic E-state index is 5.53. The van der Waals surface area contributed by atoms with Gasteiger partial charge in [-0.05, 0) is 50.4 Å². The van der Waals surface area contributed by atoms with Gasteiger partial charge in [-0.25, -0.2) is 9.97 Å². The van der Waals surface area contributed by atoms with Gasteiger partial charge in [0.25, 0.3) is 0 Å². The highest BCUT2D eigenvalue weighted by molar-refractivity contribution is 5.85. The van der Waals surface area contributed by atoms with Crippen LogP contribution in [0, 0.1) is 0 Å². The number of piperidine rings is 1. The summed E-state index contributed by atoms with van der Waals surface area (Å²) in [6.45, 7) is 3.76. The zero-order valence-corrected chi connectivity index (χ0v) is 17.4. The molecule has 8 heteroatoms. The number of H-pyrrole nitrogens is 1. The number of nitrogens with two attached hydrogens (primary N) is 1. The van der Waals surface area contributed by atoms with Gasteiger partial charge in [0.05, 0.1) is 17.2 Å². The molecule has 3 heterocycles. The van der Waals surface area contributed by atoms with Gasteiger partial charge in [0.15, 0.2) is 0 Å². The van der Waals surface area contributed by atoms with Crippen molar-refractivity contribution in [3.63, 3.8) is 0 Å². The van der Waals surface area contributed by atoms with Crippen LogP contribution >= 0.6 is 12.4 Å². The van der Waals surface area contributed by atoms with Crippen LogP contribution < -0.4 is 16.0 Å². The van der Waals surface area contributed by atoms with E-state index in [0.29, 0.717) is 11.9 Å². The number of aromatic amines is 1. The van der Waals surface area contributed by atoms with E-state index in [1.807, 2.05) is 6.20 Å². The maximum Gasteiger partial charge on any atom is 0.223 e. The van der Waals surface area contributed by atoms with Crippen molar-refractivity contribution >= 4 is 35.1 Å². The normalized spacial score (nSPS) is 14.3. The number of unbranched alkanes of at least 4 members (excludes halogenated alkanes) is 1. The zero-order chi connectivity index (χ0) is 18.5. The molecule has 1 aromatic carbocycles. The van der Waals surface area contributed by atoms with Gasteiger partial charge in [-0.2, -0.15) is 0 Å². The second kappa shape index (κ2) is 11.0. The average molecular weight is 419 g/mol. The highest BCUT2D eigenvalue weighted by atomic mass is 35.5. The van der Waals surface area contributed by atoms with Gasteiger partial charge in [-0.3, -0.25) is 0 Å². The summed E-state index contributed by atoms with van der Waals surface area (Å²) in [5.41, 5.74) is 10.1. The summed E-state index contributed by atoms with van der Waals surface area (Å²) in [5.74, 6) is 1.25. The summed E-state index contributed by atoms with van der Waals surface area (Å²) in [7, 11) is 0. The van der Waals surface area contributed by atoms with Crippen LogP contribution in [0.5, 0.6) is 0 Å². The minimum Gasteiger partial charge on any atom is -0.412 e. The monoisotopic (exact) mass is 418 g/mol. The fourth-order valence-corrected chi connectivity index (χ4v) is 3.80. The number of anilines is 2. The SMILES string of the molecule is Cl.NCCCCNc1ncc2[nH]c(C3CCN(c4ccccc4)CC3)cc2n1.O. The molecule has 3 aromatic rings. The number of fused-ring (bicyclic) bond motifs is 1. The third-order valence-corrected chi connectivity index (χ3v) is 5.36. The molecule has 0 atom stereocenters. The van der Waals surface area contributed by atoms with Gasteiger partial charge < -0.3 is 26.4 Å². The van der Waals surface area contributed by atoms with Gasteiger partial charge >= 0.3 is 0 Å². The van der Waals surface area contributed by atoms with Crippen molar-refractivity contribution in [3.8, 4) is 0 Å². The number of nitrogens with one attached hydrogen (secondary N) is 2. The number of aromatic nitrogens is 3. The van der Waals surface area contributed by atoms with Crippen molar-refractivity contribution in [2.24, 2.45) is 5.73 Å². The van der Waals surface area contributed by atoms with Gasteiger partial charge in [-0.1, -0.05) is 18.2 Å². The van der Waals surface area contributed by atoms with Gasteiger partial charge in [0.2, 0.25) is 5.95 Å². The smallest absolute Gasteiger partial charge is 0.223 e. The van der Waals surface area contributed by atoms with Gasteiger partial charge in [-0.15, -0.1) is 12.4 Å². The third-order valence-electron chi connectivity index (χ3n) is 5.36. The summed E-state index contributed by atoms with van der Waals surface area (Å²) in [5, 5.41) is 3.29. The van der Waals surface area contributed by atoms with Crippen LogP contribution in [0.25, 0.3) is 11.0 Å². The minimum absolute atomic E-state index is 0. The first-order valence-corrected chi connectivity index (χ1v) is 9.93. The first-order valence-electron chi connectivity index (χ1n) is 9.93. The van der Waals surface area contributed by atoms with Crippen molar-refractivity contribution in [2.75, 3.05) is 36.4 Å². The molecule has 1 fully saturated rings. The van der Waals surface area contributed by atoms with E-state index < -0.39 is 0 Å². The molecule has 6 N–H and O–H groups in total. The highest BCUT2D eigenvalue weighted by Gasteiger charge is 2.22. The molecule has 7 nitrogen and oxygen atoms in total. The molecule has 0 bridgehead atoms. The van der Waals surface area contributed by atoms with E-state index in [4.69, 9.17) is 5.73 Å². The molecule has 1 aliphatic rings. The van der Waals surface area contributed by atoms with E-state index in [1.165, 1.54) is 11.4 Å². The quantitative estimate of drug-likeness (QED) is 0.510. The number of hydrogen-bond acceptors (Lipinski definition) is 5. The molecule has 4 rings (SSSR count). The van der Waals surface area contributed by atoms with Crippen LogP contribution in [0.3, 0.4) is 0 Å². The number of rotatable bonds is 7. The molecule has 0 saturated carbocycles. The highest BCUT2D eigenvalue weighted by Crippen LogP contribution is 2.31. The Labute approximate surface area is 177 Å². The van der Waals surface area contributed by atoms with Crippen molar-refractivity contribution in [1.29, 1.82) is 0 Å². The Balaban J connectivity index is 0.00000150. The van der Waals surface area contributed by atoms with Crippen LogP contribution in [0.4, 0.5) is 11.6 Å². The molecule has 0 unspecified atom stereocenters. The zero-order valence-electron chi connectivity index (χ0n) is 16.6. The molecule has 1 aliphatic heterocycles. The Kier molecular flexibility index (Phi) is 8.70. The molecular weight excluding hydrogens is 388 g/mol. The number of benzene rings is 1. The molecule has 0 aliphatic carbocycles. The number of nitrogens with zero attached hydrogens (tertiary/aromatic N) is 3. The standard InChI is InChI=1S/C21H28N6.ClH.H2O/c22-10-4-5-11-23-21-24-15-20-19(26-21)14-18(25-20)16-8-12-27(13-9-16)17-6-2-1-3-7-17;;/h1-3,6-7,14-16,25H,4-5,8-13,22H2,(H,23,24,26);1H;1H2.